The number of rotatable bonds is 6. The quantitative estimate of drug-likeness (QED) is 0.380. The predicted octanol–water partition coefficient (Wildman–Crippen LogP) is 4.93. The topological polar surface area (TPSA) is 72.6 Å². The van der Waals surface area contributed by atoms with Crippen LogP contribution in [0.2, 0.25) is 0 Å². The number of methoxy groups -OCH3 is 1. The molecule has 0 saturated carbocycles. The normalized spacial score (nSPS) is 15.3. The second kappa shape index (κ2) is 9.83. The molecular formula is C26H28N2O4S. The van der Waals surface area contributed by atoms with Crippen molar-refractivity contribution in [3.05, 3.63) is 82.7 Å². The van der Waals surface area contributed by atoms with Gasteiger partial charge in [0.15, 0.2) is 0 Å². The van der Waals surface area contributed by atoms with E-state index in [1.54, 1.807) is 11.8 Å². The molecular weight excluding hydrogens is 436 g/mol. The molecule has 0 spiro atoms. The van der Waals surface area contributed by atoms with E-state index < -0.39 is 5.41 Å². The Morgan fingerprint density at radius 3 is 2.36 bits per heavy atom. The fourth-order valence-corrected chi connectivity index (χ4v) is 5.65. The zero-order valence-corrected chi connectivity index (χ0v) is 20.0. The van der Waals surface area contributed by atoms with Gasteiger partial charge >= 0.3 is 5.97 Å². The van der Waals surface area contributed by atoms with Crippen molar-refractivity contribution in [3.63, 3.8) is 0 Å². The Morgan fingerprint density at radius 2 is 1.73 bits per heavy atom. The van der Waals surface area contributed by atoms with Crippen molar-refractivity contribution in [2.24, 2.45) is 0 Å². The fraction of sp³-hybridized carbons (Fsp3) is 0.346. The van der Waals surface area contributed by atoms with E-state index in [2.05, 4.69) is 5.16 Å². The molecule has 7 heteroatoms. The highest BCUT2D eigenvalue weighted by molar-refractivity contribution is 7.98. The van der Waals surface area contributed by atoms with Crippen molar-refractivity contribution in [2.45, 2.75) is 42.8 Å². The van der Waals surface area contributed by atoms with Gasteiger partial charge < -0.3 is 14.2 Å². The van der Waals surface area contributed by atoms with E-state index >= 15 is 0 Å². The molecule has 33 heavy (non-hydrogen) atoms. The number of ether oxygens (including phenoxy) is 1. The van der Waals surface area contributed by atoms with E-state index in [0.717, 1.165) is 27.5 Å². The Kier molecular flexibility index (Phi) is 6.88. The van der Waals surface area contributed by atoms with Crippen LogP contribution in [0.4, 0.5) is 0 Å². The number of piperidine rings is 1. The summed E-state index contributed by atoms with van der Waals surface area (Å²) in [6, 6.07) is 17.4. The number of amides is 1. The average Bonchev–Trinajstić information content (AvgIpc) is 3.19. The van der Waals surface area contributed by atoms with Gasteiger partial charge in [-0.15, -0.1) is 11.8 Å². The lowest BCUT2D eigenvalue weighted by Gasteiger charge is -2.40. The summed E-state index contributed by atoms with van der Waals surface area (Å²) >= 11 is 1.61. The highest BCUT2D eigenvalue weighted by atomic mass is 32.2. The molecule has 0 N–H and O–H groups in total. The lowest BCUT2D eigenvalue weighted by molar-refractivity contribution is -0.149. The van der Waals surface area contributed by atoms with Gasteiger partial charge in [-0.2, -0.15) is 0 Å². The molecule has 0 unspecified atom stereocenters. The van der Waals surface area contributed by atoms with E-state index in [0.29, 0.717) is 37.2 Å². The predicted molar refractivity (Wildman–Crippen MR) is 127 cm³/mol. The van der Waals surface area contributed by atoms with Crippen LogP contribution in [0.25, 0.3) is 0 Å². The van der Waals surface area contributed by atoms with Crippen molar-refractivity contribution in [2.75, 3.05) is 20.2 Å². The second-order valence-corrected chi connectivity index (χ2v) is 9.34. The largest absolute Gasteiger partial charge is 0.468 e. The molecule has 1 aliphatic rings. The van der Waals surface area contributed by atoms with E-state index in [4.69, 9.17) is 9.26 Å². The molecule has 4 rings (SSSR count). The van der Waals surface area contributed by atoms with Crippen LogP contribution >= 0.6 is 11.8 Å². The zero-order chi connectivity index (χ0) is 23.4. The molecule has 0 aliphatic carbocycles. The number of carbonyl (C=O) groups is 2. The summed E-state index contributed by atoms with van der Waals surface area (Å²) in [5.41, 5.74) is 2.84. The maximum absolute atomic E-state index is 13.5. The minimum absolute atomic E-state index is 0.0108. The number of carbonyl (C=O) groups excluding carboxylic acids is 2. The molecule has 3 aromatic rings. The zero-order valence-electron chi connectivity index (χ0n) is 19.2. The molecule has 1 aromatic heterocycles. The molecule has 2 heterocycles. The summed E-state index contributed by atoms with van der Waals surface area (Å²) in [5, 5.41) is 4.02. The van der Waals surface area contributed by atoms with Gasteiger partial charge in [-0.25, -0.2) is 0 Å². The first-order chi connectivity index (χ1) is 16.0. The maximum Gasteiger partial charge on any atom is 0.316 e. The summed E-state index contributed by atoms with van der Waals surface area (Å²) in [4.78, 5) is 29.0. The first-order valence-electron chi connectivity index (χ1n) is 11.0. The first-order valence-corrected chi connectivity index (χ1v) is 12.0. The highest BCUT2D eigenvalue weighted by Crippen LogP contribution is 2.38. The number of likely N-dealkylation sites (tertiary alicyclic amines) is 1. The summed E-state index contributed by atoms with van der Waals surface area (Å²) in [7, 11) is 1.43. The van der Waals surface area contributed by atoms with Gasteiger partial charge in [-0.3, -0.25) is 9.59 Å². The van der Waals surface area contributed by atoms with Crippen LogP contribution in [-0.4, -0.2) is 42.1 Å². The Hall–Kier alpha value is -3.06. The van der Waals surface area contributed by atoms with Gasteiger partial charge in [0.05, 0.1) is 23.8 Å². The van der Waals surface area contributed by atoms with Crippen LogP contribution in [-0.2, 0) is 20.7 Å². The molecule has 1 amide bonds. The molecule has 0 radical (unpaired) electrons. The maximum atomic E-state index is 13.5. The van der Waals surface area contributed by atoms with Crippen LogP contribution in [0.15, 0.2) is 64.0 Å². The third-order valence-electron chi connectivity index (χ3n) is 6.48. The summed E-state index contributed by atoms with van der Waals surface area (Å²) in [5.74, 6) is 1.24. The van der Waals surface area contributed by atoms with Crippen LogP contribution in [0.5, 0.6) is 0 Å². The standard InChI is InChI=1S/C26H28N2O4S/c1-18-22(19(2)32-27-18)17-33-23-12-8-7-11-21(23)24(29)28-15-13-26(14-16-28,25(30)31-3)20-9-5-4-6-10-20/h4-12H,13-17H2,1-3H3. The molecule has 1 fully saturated rings. The van der Waals surface area contributed by atoms with Crippen LogP contribution in [0.3, 0.4) is 0 Å². The number of aromatic nitrogens is 1. The number of thioether (sulfide) groups is 1. The smallest absolute Gasteiger partial charge is 0.316 e. The van der Waals surface area contributed by atoms with E-state index in [-0.39, 0.29) is 11.9 Å². The van der Waals surface area contributed by atoms with E-state index in [1.807, 2.05) is 73.3 Å². The third-order valence-corrected chi connectivity index (χ3v) is 7.58. The van der Waals surface area contributed by atoms with E-state index in [9.17, 15) is 9.59 Å². The number of esters is 1. The number of nitrogens with zero attached hydrogens (tertiary/aromatic N) is 2. The summed E-state index contributed by atoms with van der Waals surface area (Å²) in [6.07, 6.45) is 1.06. The monoisotopic (exact) mass is 464 g/mol. The Bertz CT molecular complexity index is 1110. The molecule has 6 nitrogen and oxygen atoms in total. The molecule has 172 valence electrons. The summed E-state index contributed by atoms with van der Waals surface area (Å²) in [6.45, 7) is 4.82. The van der Waals surface area contributed by atoms with Crippen LogP contribution in [0.1, 0.15) is 45.8 Å². The van der Waals surface area contributed by atoms with Crippen LogP contribution < -0.4 is 0 Å². The van der Waals surface area contributed by atoms with Crippen molar-refractivity contribution in [1.29, 1.82) is 0 Å². The van der Waals surface area contributed by atoms with Crippen molar-refractivity contribution >= 4 is 23.6 Å². The number of hydrogen-bond acceptors (Lipinski definition) is 6. The SMILES string of the molecule is COC(=O)C1(c2ccccc2)CCN(C(=O)c2ccccc2SCc2c(C)noc2C)CC1. The van der Waals surface area contributed by atoms with Crippen molar-refractivity contribution in [3.8, 4) is 0 Å². The number of hydrogen-bond donors (Lipinski definition) is 0. The van der Waals surface area contributed by atoms with Gasteiger partial charge in [0.25, 0.3) is 5.91 Å². The lowest BCUT2D eigenvalue weighted by Crippen LogP contribution is -2.49. The minimum atomic E-state index is -0.718. The molecule has 1 saturated heterocycles. The highest BCUT2D eigenvalue weighted by Gasteiger charge is 2.44. The second-order valence-electron chi connectivity index (χ2n) is 8.32. The number of aryl methyl sites for hydroxylation is 2. The molecule has 0 bridgehead atoms. The van der Waals surface area contributed by atoms with Crippen LogP contribution in [0, 0.1) is 13.8 Å². The Morgan fingerprint density at radius 1 is 1.06 bits per heavy atom. The Labute approximate surface area is 198 Å². The van der Waals surface area contributed by atoms with Gasteiger partial charge in [0.1, 0.15) is 5.76 Å². The van der Waals surface area contributed by atoms with Crippen molar-refractivity contribution < 1.29 is 18.8 Å². The van der Waals surface area contributed by atoms with Crippen molar-refractivity contribution in [1.82, 2.24) is 10.1 Å². The first kappa shape index (κ1) is 23.1. The molecule has 1 aliphatic heterocycles. The van der Waals surface area contributed by atoms with Gasteiger partial charge in [0.2, 0.25) is 0 Å². The van der Waals surface area contributed by atoms with E-state index in [1.165, 1.54) is 7.11 Å². The lowest BCUT2D eigenvalue weighted by atomic mass is 9.72. The summed E-state index contributed by atoms with van der Waals surface area (Å²) < 4.78 is 10.4. The van der Waals surface area contributed by atoms with Gasteiger partial charge in [-0.1, -0.05) is 47.6 Å². The molecule has 2 aromatic carbocycles. The minimum Gasteiger partial charge on any atom is -0.468 e. The fourth-order valence-electron chi connectivity index (χ4n) is 4.45. The Balaban J connectivity index is 1.50. The molecule has 0 atom stereocenters. The average molecular weight is 465 g/mol. The number of benzene rings is 2. The van der Waals surface area contributed by atoms with Gasteiger partial charge in [0, 0.05) is 29.3 Å². The third kappa shape index (κ3) is 4.55. The van der Waals surface area contributed by atoms with Gasteiger partial charge in [-0.05, 0) is 44.4 Å².